The standard InChI is InChI=1S/C13H11BrCl2N2O/c1-17-12-10(15)6-11(16)13(18-12)19-7-8-3-2-4-9(14)5-8/h2-6H,7H2,1H3,(H,17,18). The zero-order chi connectivity index (χ0) is 13.8. The van der Waals surface area contributed by atoms with Crippen LogP contribution in [-0.2, 0) is 6.61 Å². The molecule has 0 radical (unpaired) electrons. The van der Waals surface area contributed by atoms with Crippen LogP contribution in [0.15, 0.2) is 34.8 Å². The summed E-state index contributed by atoms with van der Waals surface area (Å²) in [6, 6.07) is 9.45. The van der Waals surface area contributed by atoms with E-state index in [1.54, 1.807) is 13.1 Å². The number of nitrogens with one attached hydrogen (secondary N) is 1. The highest BCUT2D eigenvalue weighted by molar-refractivity contribution is 9.10. The van der Waals surface area contributed by atoms with Crippen LogP contribution < -0.4 is 10.1 Å². The zero-order valence-corrected chi connectivity index (χ0v) is 13.2. The molecule has 1 heterocycles. The van der Waals surface area contributed by atoms with Gasteiger partial charge in [0.1, 0.15) is 17.4 Å². The summed E-state index contributed by atoms with van der Waals surface area (Å²) in [5.74, 6) is 0.894. The molecule has 0 spiro atoms. The molecule has 100 valence electrons. The van der Waals surface area contributed by atoms with Gasteiger partial charge in [0.15, 0.2) is 0 Å². The number of rotatable bonds is 4. The monoisotopic (exact) mass is 360 g/mol. The van der Waals surface area contributed by atoms with Crippen molar-refractivity contribution < 1.29 is 4.74 Å². The van der Waals surface area contributed by atoms with Gasteiger partial charge in [-0.2, -0.15) is 4.98 Å². The van der Waals surface area contributed by atoms with Crippen LogP contribution in [0.5, 0.6) is 5.88 Å². The fourth-order valence-corrected chi connectivity index (χ4v) is 2.46. The number of benzene rings is 1. The van der Waals surface area contributed by atoms with Gasteiger partial charge in [-0.15, -0.1) is 0 Å². The van der Waals surface area contributed by atoms with Gasteiger partial charge in [-0.1, -0.05) is 51.3 Å². The molecule has 0 amide bonds. The average molecular weight is 362 g/mol. The van der Waals surface area contributed by atoms with Crippen LogP contribution in [-0.4, -0.2) is 12.0 Å². The highest BCUT2D eigenvalue weighted by Crippen LogP contribution is 2.30. The Morgan fingerprint density at radius 2 is 2.05 bits per heavy atom. The fraction of sp³-hybridized carbons (Fsp3) is 0.154. The number of aromatic nitrogens is 1. The molecule has 19 heavy (non-hydrogen) atoms. The van der Waals surface area contributed by atoms with Crippen molar-refractivity contribution in [3.8, 4) is 5.88 Å². The number of hydrogen-bond donors (Lipinski definition) is 1. The van der Waals surface area contributed by atoms with Crippen LogP contribution in [0.3, 0.4) is 0 Å². The molecule has 0 fully saturated rings. The summed E-state index contributed by atoms with van der Waals surface area (Å²) in [7, 11) is 1.74. The highest BCUT2D eigenvalue weighted by atomic mass is 79.9. The number of hydrogen-bond acceptors (Lipinski definition) is 3. The van der Waals surface area contributed by atoms with Gasteiger partial charge in [-0.05, 0) is 23.8 Å². The van der Waals surface area contributed by atoms with Gasteiger partial charge in [0, 0.05) is 11.5 Å². The van der Waals surface area contributed by atoms with Crippen LogP contribution in [0.4, 0.5) is 5.82 Å². The number of ether oxygens (including phenoxy) is 1. The molecular formula is C13H11BrCl2N2O. The quantitative estimate of drug-likeness (QED) is 0.851. The normalized spacial score (nSPS) is 10.3. The molecule has 0 aliphatic carbocycles. The first-order chi connectivity index (χ1) is 9.10. The first kappa shape index (κ1) is 14.4. The molecule has 1 aromatic heterocycles. The Morgan fingerprint density at radius 3 is 2.74 bits per heavy atom. The van der Waals surface area contributed by atoms with Crippen LogP contribution in [0.2, 0.25) is 10.0 Å². The molecule has 0 unspecified atom stereocenters. The van der Waals surface area contributed by atoms with Gasteiger partial charge in [0.05, 0.1) is 5.02 Å². The molecule has 1 aromatic carbocycles. The Morgan fingerprint density at radius 1 is 1.26 bits per heavy atom. The highest BCUT2D eigenvalue weighted by Gasteiger charge is 2.09. The minimum atomic E-state index is 0.357. The SMILES string of the molecule is CNc1nc(OCc2cccc(Br)c2)c(Cl)cc1Cl. The van der Waals surface area contributed by atoms with E-state index < -0.39 is 0 Å². The van der Waals surface area contributed by atoms with E-state index >= 15 is 0 Å². The minimum Gasteiger partial charge on any atom is -0.472 e. The van der Waals surface area contributed by atoms with Crippen molar-refractivity contribution in [3.05, 3.63) is 50.4 Å². The molecule has 0 aliphatic rings. The van der Waals surface area contributed by atoms with E-state index in [4.69, 9.17) is 27.9 Å². The van der Waals surface area contributed by atoms with E-state index in [0.29, 0.717) is 28.3 Å². The maximum Gasteiger partial charge on any atom is 0.234 e. The first-order valence-electron chi connectivity index (χ1n) is 5.51. The maximum atomic E-state index is 6.05. The van der Waals surface area contributed by atoms with Crippen molar-refractivity contribution >= 4 is 44.9 Å². The topological polar surface area (TPSA) is 34.2 Å². The van der Waals surface area contributed by atoms with Crippen LogP contribution in [0.1, 0.15) is 5.56 Å². The molecule has 0 bridgehead atoms. The Kier molecular flexibility index (Phi) is 4.91. The smallest absolute Gasteiger partial charge is 0.234 e. The lowest BCUT2D eigenvalue weighted by atomic mass is 10.2. The summed E-state index contributed by atoms with van der Waals surface area (Å²) >= 11 is 15.4. The molecule has 3 nitrogen and oxygen atoms in total. The van der Waals surface area contributed by atoms with Crippen LogP contribution >= 0.6 is 39.1 Å². The zero-order valence-electron chi connectivity index (χ0n) is 10.1. The second-order valence-corrected chi connectivity index (χ2v) is 5.50. The second kappa shape index (κ2) is 6.46. The Hall–Kier alpha value is -0.970. The third-order valence-corrected chi connectivity index (χ3v) is 3.45. The van der Waals surface area contributed by atoms with Gasteiger partial charge >= 0.3 is 0 Å². The van der Waals surface area contributed by atoms with Gasteiger partial charge in [0.25, 0.3) is 0 Å². The molecule has 1 N–H and O–H groups in total. The van der Waals surface area contributed by atoms with Gasteiger partial charge < -0.3 is 10.1 Å². The van der Waals surface area contributed by atoms with Gasteiger partial charge in [-0.3, -0.25) is 0 Å². The summed E-state index contributed by atoms with van der Waals surface area (Å²) in [6.07, 6.45) is 0. The Bertz CT molecular complexity index is 593. The predicted octanol–water partition coefficient (Wildman–Crippen LogP) is 4.77. The lowest BCUT2D eigenvalue weighted by Crippen LogP contribution is -2.01. The van der Waals surface area contributed by atoms with Crippen molar-refractivity contribution in [2.75, 3.05) is 12.4 Å². The van der Waals surface area contributed by atoms with Crippen molar-refractivity contribution in [3.63, 3.8) is 0 Å². The second-order valence-electron chi connectivity index (χ2n) is 3.77. The third-order valence-electron chi connectivity index (χ3n) is 2.40. The van der Waals surface area contributed by atoms with Crippen molar-refractivity contribution in [2.45, 2.75) is 6.61 Å². The molecule has 2 aromatic rings. The lowest BCUT2D eigenvalue weighted by molar-refractivity contribution is 0.294. The van der Waals surface area contributed by atoms with Crippen molar-refractivity contribution in [1.29, 1.82) is 0 Å². The summed E-state index contributed by atoms with van der Waals surface area (Å²) < 4.78 is 6.61. The van der Waals surface area contributed by atoms with E-state index in [-0.39, 0.29) is 0 Å². The number of halogens is 3. The third kappa shape index (κ3) is 3.75. The average Bonchev–Trinajstić information content (AvgIpc) is 2.38. The van der Waals surface area contributed by atoms with E-state index in [1.807, 2.05) is 24.3 Å². The lowest BCUT2D eigenvalue weighted by Gasteiger charge is -2.10. The van der Waals surface area contributed by atoms with Crippen LogP contribution in [0, 0.1) is 0 Å². The summed E-state index contributed by atoms with van der Waals surface area (Å²) in [5.41, 5.74) is 1.02. The molecule has 0 saturated heterocycles. The number of pyridine rings is 1. The molecule has 0 saturated carbocycles. The van der Waals surface area contributed by atoms with E-state index in [1.165, 1.54) is 0 Å². The predicted molar refractivity (Wildman–Crippen MR) is 82.3 cm³/mol. The molecule has 0 atom stereocenters. The van der Waals surface area contributed by atoms with Crippen LogP contribution in [0.25, 0.3) is 0 Å². The molecular weight excluding hydrogens is 351 g/mol. The van der Waals surface area contributed by atoms with Crippen molar-refractivity contribution in [2.24, 2.45) is 0 Å². The molecule has 2 rings (SSSR count). The van der Waals surface area contributed by atoms with Crippen molar-refractivity contribution in [1.82, 2.24) is 4.98 Å². The largest absolute Gasteiger partial charge is 0.472 e. The van der Waals surface area contributed by atoms with Gasteiger partial charge in [0.2, 0.25) is 5.88 Å². The summed E-state index contributed by atoms with van der Waals surface area (Å²) in [5, 5.41) is 3.73. The van der Waals surface area contributed by atoms with E-state index in [2.05, 4.69) is 26.2 Å². The minimum absolute atomic E-state index is 0.357. The summed E-state index contributed by atoms with van der Waals surface area (Å²) in [4.78, 5) is 4.22. The molecule has 6 heteroatoms. The fourth-order valence-electron chi connectivity index (χ4n) is 1.50. The Balaban J connectivity index is 2.15. The van der Waals surface area contributed by atoms with Gasteiger partial charge in [-0.25, -0.2) is 0 Å². The number of anilines is 1. The maximum absolute atomic E-state index is 6.05. The van der Waals surface area contributed by atoms with E-state index in [9.17, 15) is 0 Å². The Labute approximate surface area is 130 Å². The first-order valence-corrected chi connectivity index (χ1v) is 7.06. The number of nitrogens with zero attached hydrogens (tertiary/aromatic N) is 1. The summed E-state index contributed by atoms with van der Waals surface area (Å²) in [6.45, 7) is 0.386. The van der Waals surface area contributed by atoms with E-state index in [0.717, 1.165) is 10.0 Å². The molecule has 0 aliphatic heterocycles.